The first kappa shape index (κ1) is 9.60. The Bertz CT molecular complexity index is 479. The van der Waals surface area contributed by atoms with E-state index in [0.717, 1.165) is 16.8 Å². The summed E-state index contributed by atoms with van der Waals surface area (Å²) in [6.07, 6.45) is 2.83. The van der Waals surface area contributed by atoms with Crippen LogP contribution in [0.2, 0.25) is 0 Å². The van der Waals surface area contributed by atoms with Crippen LogP contribution in [0.25, 0.3) is 6.08 Å². The number of carbonyl (C=O) groups excluding carboxylic acids is 1. The third-order valence-electron chi connectivity index (χ3n) is 3.30. The molecule has 1 saturated carbocycles. The van der Waals surface area contributed by atoms with Gasteiger partial charge in [-0.15, -0.1) is 0 Å². The van der Waals surface area contributed by atoms with Crippen molar-refractivity contribution in [3.05, 3.63) is 35.4 Å². The van der Waals surface area contributed by atoms with E-state index in [1.807, 2.05) is 30.3 Å². The van der Waals surface area contributed by atoms with Crippen LogP contribution < -0.4 is 5.32 Å². The molecule has 1 heterocycles. The van der Waals surface area contributed by atoms with E-state index in [4.69, 9.17) is 0 Å². The van der Waals surface area contributed by atoms with Gasteiger partial charge in [-0.25, -0.2) is 0 Å². The Kier molecular flexibility index (Phi) is 2.07. The minimum absolute atomic E-state index is 0.00718. The number of aliphatic hydroxyl groups is 1. The van der Waals surface area contributed by atoms with Gasteiger partial charge in [-0.3, -0.25) is 4.79 Å². The van der Waals surface area contributed by atoms with Crippen LogP contribution in [-0.2, 0) is 4.79 Å². The normalized spacial score (nSPS) is 27.6. The molecule has 0 unspecified atom stereocenters. The molecule has 3 heteroatoms. The van der Waals surface area contributed by atoms with Crippen LogP contribution in [0, 0.1) is 5.92 Å². The van der Waals surface area contributed by atoms with Gasteiger partial charge in [-0.05, 0) is 24.5 Å². The van der Waals surface area contributed by atoms with Gasteiger partial charge < -0.3 is 10.4 Å². The van der Waals surface area contributed by atoms with Gasteiger partial charge >= 0.3 is 0 Å². The first-order chi connectivity index (χ1) is 7.74. The van der Waals surface area contributed by atoms with Crippen LogP contribution in [-0.4, -0.2) is 17.1 Å². The first-order valence-corrected chi connectivity index (χ1v) is 5.52. The molecule has 1 aliphatic carbocycles. The molecular formula is C13H13NO2. The fourth-order valence-electron chi connectivity index (χ4n) is 2.51. The first-order valence-electron chi connectivity index (χ1n) is 5.52. The Morgan fingerprint density at radius 1 is 1.31 bits per heavy atom. The van der Waals surface area contributed by atoms with Crippen LogP contribution in [0.3, 0.4) is 0 Å². The lowest BCUT2D eigenvalue weighted by molar-refractivity contribution is -0.118. The number of rotatable bonds is 0. The third-order valence-corrected chi connectivity index (χ3v) is 3.30. The fraction of sp³-hybridized carbons (Fsp3) is 0.308. The molecule has 2 aliphatic rings. The molecule has 1 aliphatic heterocycles. The van der Waals surface area contributed by atoms with Crippen molar-refractivity contribution in [1.82, 2.24) is 0 Å². The van der Waals surface area contributed by atoms with Crippen molar-refractivity contribution in [3.63, 3.8) is 0 Å². The predicted molar refractivity (Wildman–Crippen MR) is 61.8 cm³/mol. The van der Waals surface area contributed by atoms with E-state index in [9.17, 15) is 9.90 Å². The largest absolute Gasteiger partial charge is 0.393 e. The molecule has 1 aromatic rings. The molecule has 0 aromatic heterocycles. The summed E-state index contributed by atoms with van der Waals surface area (Å²) in [6.45, 7) is 0. The SMILES string of the molecule is O=C1Nc2ccccc2C=C2C[C@H](O)C[C@@H]12. The zero-order valence-corrected chi connectivity index (χ0v) is 8.81. The van der Waals surface area contributed by atoms with Crippen LogP contribution in [0.4, 0.5) is 5.69 Å². The summed E-state index contributed by atoms with van der Waals surface area (Å²) in [5.74, 6) is -0.143. The minimum atomic E-state index is -0.368. The molecule has 16 heavy (non-hydrogen) atoms. The lowest BCUT2D eigenvalue weighted by Crippen LogP contribution is -2.21. The maximum atomic E-state index is 11.9. The topological polar surface area (TPSA) is 49.3 Å². The number of anilines is 1. The zero-order chi connectivity index (χ0) is 11.1. The van der Waals surface area contributed by atoms with Gasteiger partial charge in [0.05, 0.1) is 12.0 Å². The van der Waals surface area contributed by atoms with E-state index >= 15 is 0 Å². The number of fused-ring (bicyclic) bond motifs is 2. The zero-order valence-electron chi connectivity index (χ0n) is 8.81. The number of amides is 1. The number of benzene rings is 1. The van der Waals surface area contributed by atoms with Crippen LogP contribution in [0.1, 0.15) is 18.4 Å². The number of nitrogens with one attached hydrogen (secondary N) is 1. The number of hydrogen-bond acceptors (Lipinski definition) is 2. The van der Waals surface area contributed by atoms with Gasteiger partial charge in [0, 0.05) is 5.69 Å². The Balaban J connectivity index is 2.10. The number of hydrogen-bond donors (Lipinski definition) is 2. The average molecular weight is 215 g/mol. The molecular weight excluding hydrogens is 202 g/mol. The lowest BCUT2D eigenvalue weighted by atomic mass is 10.0. The lowest BCUT2D eigenvalue weighted by Gasteiger charge is -2.09. The summed E-state index contributed by atoms with van der Waals surface area (Å²) in [5, 5.41) is 12.5. The number of para-hydroxylation sites is 1. The highest BCUT2D eigenvalue weighted by Crippen LogP contribution is 2.37. The molecule has 1 fully saturated rings. The van der Waals surface area contributed by atoms with Crippen LogP contribution in [0.5, 0.6) is 0 Å². The summed E-state index contributed by atoms with van der Waals surface area (Å²) >= 11 is 0. The maximum absolute atomic E-state index is 11.9. The Hall–Kier alpha value is -1.61. The average Bonchev–Trinajstić information content (AvgIpc) is 2.57. The van der Waals surface area contributed by atoms with Crippen molar-refractivity contribution >= 4 is 17.7 Å². The molecule has 2 atom stereocenters. The predicted octanol–water partition coefficient (Wildman–Crippen LogP) is 1.79. The van der Waals surface area contributed by atoms with E-state index in [1.165, 1.54) is 0 Å². The minimum Gasteiger partial charge on any atom is -0.393 e. The second kappa shape index (κ2) is 3.46. The molecule has 0 spiro atoms. The van der Waals surface area contributed by atoms with Gasteiger partial charge in [0.15, 0.2) is 0 Å². The smallest absolute Gasteiger partial charge is 0.231 e. The quantitative estimate of drug-likeness (QED) is 0.693. The molecule has 0 radical (unpaired) electrons. The molecule has 3 nitrogen and oxygen atoms in total. The van der Waals surface area contributed by atoms with Crippen molar-refractivity contribution in [1.29, 1.82) is 0 Å². The third kappa shape index (κ3) is 1.44. The highest BCUT2D eigenvalue weighted by molar-refractivity contribution is 5.99. The van der Waals surface area contributed by atoms with Crippen molar-refractivity contribution in [2.75, 3.05) is 5.32 Å². The highest BCUT2D eigenvalue weighted by Gasteiger charge is 2.34. The van der Waals surface area contributed by atoms with Crippen LogP contribution >= 0.6 is 0 Å². The Morgan fingerprint density at radius 3 is 3.00 bits per heavy atom. The van der Waals surface area contributed by atoms with E-state index in [1.54, 1.807) is 0 Å². The molecule has 1 aromatic carbocycles. The number of carbonyl (C=O) groups is 1. The van der Waals surface area contributed by atoms with E-state index in [0.29, 0.717) is 12.8 Å². The summed E-state index contributed by atoms with van der Waals surface area (Å²) in [4.78, 5) is 11.9. The highest BCUT2D eigenvalue weighted by atomic mass is 16.3. The standard InChI is InChI=1S/C13H13NO2/c15-10-6-9-5-8-3-1-2-4-12(8)14-13(16)11(9)7-10/h1-5,10-11,15H,6-7H2,(H,14,16)/t10-,11+/m0/s1. The van der Waals surface area contributed by atoms with Gasteiger partial charge in [0.25, 0.3) is 0 Å². The molecule has 0 bridgehead atoms. The van der Waals surface area contributed by atoms with E-state index in [2.05, 4.69) is 5.32 Å². The van der Waals surface area contributed by atoms with Gasteiger partial charge in [0.1, 0.15) is 0 Å². The van der Waals surface area contributed by atoms with Crippen LogP contribution in [0.15, 0.2) is 29.8 Å². The number of aliphatic hydroxyl groups excluding tert-OH is 1. The van der Waals surface area contributed by atoms with Crippen molar-refractivity contribution in [2.24, 2.45) is 5.92 Å². The fourth-order valence-corrected chi connectivity index (χ4v) is 2.51. The summed E-state index contributed by atoms with van der Waals surface area (Å²) < 4.78 is 0. The summed E-state index contributed by atoms with van der Waals surface area (Å²) in [7, 11) is 0. The summed E-state index contributed by atoms with van der Waals surface area (Å²) in [6, 6.07) is 7.75. The van der Waals surface area contributed by atoms with E-state index in [-0.39, 0.29) is 17.9 Å². The van der Waals surface area contributed by atoms with Gasteiger partial charge in [-0.1, -0.05) is 29.8 Å². The molecule has 82 valence electrons. The van der Waals surface area contributed by atoms with Gasteiger partial charge in [-0.2, -0.15) is 0 Å². The molecule has 3 rings (SSSR count). The van der Waals surface area contributed by atoms with Gasteiger partial charge in [0.2, 0.25) is 5.91 Å². The second-order valence-electron chi connectivity index (χ2n) is 4.44. The molecule has 0 saturated heterocycles. The van der Waals surface area contributed by atoms with E-state index < -0.39 is 0 Å². The molecule has 2 N–H and O–H groups in total. The van der Waals surface area contributed by atoms with Crippen molar-refractivity contribution < 1.29 is 9.90 Å². The second-order valence-corrected chi connectivity index (χ2v) is 4.44. The molecule has 1 amide bonds. The maximum Gasteiger partial charge on any atom is 0.231 e. The van der Waals surface area contributed by atoms with Crippen molar-refractivity contribution in [2.45, 2.75) is 18.9 Å². The monoisotopic (exact) mass is 215 g/mol. The van der Waals surface area contributed by atoms with Crippen molar-refractivity contribution in [3.8, 4) is 0 Å². The Labute approximate surface area is 93.8 Å². The Morgan fingerprint density at radius 2 is 2.12 bits per heavy atom. The summed E-state index contributed by atoms with van der Waals surface area (Å²) in [5.41, 5.74) is 2.95.